The minimum absolute atomic E-state index is 0.199. The largest absolute Gasteiger partial charge is 0.383 e. The number of likely N-dealkylation sites (tertiary alicyclic amines) is 1. The molecule has 1 N–H and O–H groups in total. The van der Waals surface area contributed by atoms with Crippen LogP contribution in [0.5, 0.6) is 0 Å². The van der Waals surface area contributed by atoms with E-state index in [0.717, 1.165) is 49.0 Å². The number of amides is 1. The molecule has 3 aromatic carbocycles. The number of thioether (sulfide) groups is 1. The number of hydrogen-bond donors (Lipinski definition) is 1. The van der Waals surface area contributed by atoms with Gasteiger partial charge in [-0.1, -0.05) is 72.8 Å². The molecule has 2 unspecified atom stereocenters. The van der Waals surface area contributed by atoms with Gasteiger partial charge in [0.25, 0.3) is 0 Å². The third kappa shape index (κ3) is 6.61. The molecule has 1 amide bonds. The highest BCUT2D eigenvalue weighted by atomic mass is 32.2. The molecule has 7 nitrogen and oxygen atoms in total. The van der Waals surface area contributed by atoms with E-state index in [-0.39, 0.29) is 16.8 Å². The van der Waals surface area contributed by atoms with Gasteiger partial charge in [0.15, 0.2) is 0 Å². The molecule has 0 aliphatic carbocycles. The molecule has 5 rings (SSSR count). The van der Waals surface area contributed by atoms with Gasteiger partial charge < -0.3 is 10.1 Å². The lowest BCUT2D eigenvalue weighted by Crippen LogP contribution is -2.46. The first kappa shape index (κ1) is 28.8. The maximum Gasteiger partial charge on any atom is 0.249 e. The first-order valence-corrected chi connectivity index (χ1v) is 16.3. The Morgan fingerprint density at radius 2 is 1.65 bits per heavy atom. The Kier molecular flexibility index (Phi) is 9.59. The van der Waals surface area contributed by atoms with Gasteiger partial charge in [-0.15, -0.1) is 11.8 Å². The Hall–Kier alpha value is -2.69. The van der Waals surface area contributed by atoms with Crippen LogP contribution in [-0.4, -0.2) is 74.0 Å². The summed E-state index contributed by atoms with van der Waals surface area (Å²) < 4.78 is 34.1. The Balaban J connectivity index is 1.30. The Bertz CT molecular complexity index is 1350. The fraction of sp³-hybridized carbons (Fsp3) is 0.387. The SMILES string of the molecule is COC[C@@H]1CCCN1CCC(NC(=O)C1SCCN1S(=O)(=O)c1ccc(-c2ccccc2)cc1)c1ccccc1. The normalized spacial score (nSPS) is 20.9. The lowest BCUT2D eigenvalue weighted by Gasteiger charge is -2.29. The molecule has 2 aliphatic heterocycles. The number of hydrogen-bond acceptors (Lipinski definition) is 6. The van der Waals surface area contributed by atoms with Gasteiger partial charge in [0.1, 0.15) is 5.37 Å². The highest BCUT2D eigenvalue weighted by Crippen LogP contribution is 2.32. The summed E-state index contributed by atoms with van der Waals surface area (Å²) in [6.45, 7) is 2.87. The summed E-state index contributed by atoms with van der Waals surface area (Å²) in [6.07, 6.45) is 3.00. The highest BCUT2D eigenvalue weighted by Gasteiger charge is 2.41. The topological polar surface area (TPSA) is 79.0 Å². The monoisotopic (exact) mass is 579 g/mol. The van der Waals surface area contributed by atoms with Crippen molar-refractivity contribution in [1.82, 2.24) is 14.5 Å². The maximum atomic E-state index is 13.7. The summed E-state index contributed by atoms with van der Waals surface area (Å²) in [5, 5.41) is 2.40. The van der Waals surface area contributed by atoms with Gasteiger partial charge in [0.05, 0.1) is 17.5 Å². The fourth-order valence-electron chi connectivity index (χ4n) is 5.61. The second-order valence-electron chi connectivity index (χ2n) is 10.3. The number of carbonyl (C=O) groups excluding carboxylic acids is 1. The van der Waals surface area contributed by atoms with Gasteiger partial charge >= 0.3 is 0 Å². The Morgan fingerprint density at radius 1 is 0.975 bits per heavy atom. The molecular formula is C31H37N3O4S2. The summed E-state index contributed by atoms with van der Waals surface area (Å²) >= 11 is 1.38. The average molecular weight is 580 g/mol. The molecule has 2 heterocycles. The Morgan fingerprint density at radius 3 is 2.35 bits per heavy atom. The van der Waals surface area contributed by atoms with Crippen molar-refractivity contribution in [2.24, 2.45) is 0 Å². The van der Waals surface area contributed by atoms with E-state index in [9.17, 15) is 13.2 Å². The summed E-state index contributed by atoms with van der Waals surface area (Å²) in [5.74, 6) is 0.303. The van der Waals surface area contributed by atoms with Crippen LogP contribution in [0.3, 0.4) is 0 Å². The standard InChI is InChI=1S/C31H37N3O4S2/c1-38-23-27-13-8-19-33(27)20-18-29(26-11-6-3-7-12-26)32-30(35)31-34(21-22-39-31)40(36,37)28-16-14-25(15-17-28)24-9-4-2-5-10-24/h2-7,9-12,14-17,27,29,31H,8,13,18-23H2,1H3,(H,32,35)/t27-,29?,31?/m0/s1. The molecule has 40 heavy (non-hydrogen) atoms. The number of nitrogens with zero attached hydrogens (tertiary/aromatic N) is 2. The molecule has 3 aromatic rings. The van der Waals surface area contributed by atoms with Crippen LogP contribution in [0.15, 0.2) is 89.8 Å². The molecule has 9 heteroatoms. The van der Waals surface area contributed by atoms with E-state index in [1.54, 1.807) is 19.2 Å². The lowest BCUT2D eigenvalue weighted by atomic mass is 10.0. The lowest BCUT2D eigenvalue weighted by molar-refractivity contribution is -0.123. The van der Waals surface area contributed by atoms with Crippen LogP contribution in [0.2, 0.25) is 0 Å². The zero-order valence-electron chi connectivity index (χ0n) is 22.8. The third-order valence-corrected chi connectivity index (χ3v) is 10.9. The van der Waals surface area contributed by atoms with Crippen LogP contribution in [0.4, 0.5) is 0 Å². The van der Waals surface area contributed by atoms with Crippen LogP contribution in [0, 0.1) is 0 Å². The third-order valence-electron chi connectivity index (χ3n) is 7.72. The van der Waals surface area contributed by atoms with Gasteiger partial charge in [-0.3, -0.25) is 9.69 Å². The summed E-state index contributed by atoms with van der Waals surface area (Å²) in [4.78, 5) is 16.3. The van der Waals surface area contributed by atoms with E-state index in [1.165, 1.54) is 16.1 Å². The molecule has 212 valence electrons. The molecule has 2 saturated heterocycles. The molecule has 2 fully saturated rings. The van der Waals surface area contributed by atoms with Crippen molar-refractivity contribution in [3.63, 3.8) is 0 Å². The van der Waals surface area contributed by atoms with Crippen molar-refractivity contribution in [2.45, 2.75) is 41.6 Å². The van der Waals surface area contributed by atoms with E-state index in [2.05, 4.69) is 10.2 Å². The molecule has 0 aromatic heterocycles. The second-order valence-corrected chi connectivity index (χ2v) is 13.4. The Labute approximate surface area is 242 Å². The maximum absolute atomic E-state index is 13.7. The molecule has 0 saturated carbocycles. The fourth-order valence-corrected chi connectivity index (χ4v) is 8.69. The van der Waals surface area contributed by atoms with Crippen LogP contribution in [-0.2, 0) is 19.6 Å². The molecule has 0 radical (unpaired) electrons. The van der Waals surface area contributed by atoms with Crippen molar-refractivity contribution in [1.29, 1.82) is 0 Å². The van der Waals surface area contributed by atoms with Crippen LogP contribution < -0.4 is 5.32 Å². The highest BCUT2D eigenvalue weighted by molar-refractivity contribution is 8.02. The van der Waals surface area contributed by atoms with E-state index in [4.69, 9.17) is 4.74 Å². The van der Waals surface area contributed by atoms with Crippen molar-refractivity contribution < 1.29 is 17.9 Å². The zero-order valence-corrected chi connectivity index (χ0v) is 24.4. The number of benzene rings is 3. The zero-order chi connectivity index (χ0) is 28.0. The second kappa shape index (κ2) is 13.3. The summed E-state index contributed by atoms with van der Waals surface area (Å²) in [7, 11) is -2.11. The average Bonchev–Trinajstić information content (AvgIpc) is 3.67. The van der Waals surface area contributed by atoms with E-state index in [0.29, 0.717) is 24.9 Å². The minimum atomic E-state index is -3.84. The number of nitrogens with one attached hydrogen (secondary N) is 1. The predicted octanol–water partition coefficient (Wildman–Crippen LogP) is 4.78. The molecule has 0 spiro atoms. The molecule has 0 bridgehead atoms. The van der Waals surface area contributed by atoms with Crippen molar-refractivity contribution >= 4 is 27.7 Å². The van der Waals surface area contributed by atoms with E-state index in [1.807, 2.05) is 72.8 Å². The number of carbonyl (C=O) groups is 1. The van der Waals surface area contributed by atoms with Gasteiger partial charge in [0, 0.05) is 32.0 Å². The summed E-state index contributed by atoms with van der Waals surface area (Å²) in [5.41, 5.74) is 2.99. The number of methoxy groups -OCH3 is 1. The van der Waals surface area contributed by atoms with Gasteiger partial charge in [0.2, 0.25) is 15.9 Å². The molecule has 2 aliphatic rings. The summed E-state index contributed by atoms with van der Waals surface area (Å²) in [6, 6.07) is 26.9. The molecular weight excluding hydrogens is 542 g/mol. The number of sulfonamides is 1. The quantitative estimate of drug-likeness (QED) is 0.353. The predicted molar refractivity (Wildman–Crippen MR) is 160 cm³/mol. The molecule has 3 atom stereocenters. The van der Waals surface area contributed by atoms with Crippen molar-refractivity contribution in [3.05, 3.63) is 90.5 Å². The van der Waals surface area contributed by atoms with Crippen molar-refractivity contribution in [3.8, 4) is 11.1 Å². The number of ether oxygens (including phenoxy) is 1. The van der Waals surface area contributed by atoms with Gasteiger partial charge in [-0.05, 0) is 54.6 Å². The van der Waals surface area contributed by atoms with E-state index < -0.39 is 15.4 Å². The first-order chi connectivity index (χ1) is 19.5. The van der Waals surface area contributed by atoms with Crippen LogP contribution in [0.1, 0.15) is 30.9 Å². The van der Waals surface area contributed by atoms with Crippen molar-refractivity contribution in [2.75, 3.05) is 39.1 Å². The number of rotatable bonds is 11. The van der Waals surface area contributed by atoms with Gasteiger partial charge in [-0.2, -0.15) is 4.31 Å². The van der Waals surface area contributed by atoms with Crippen LogP contribution >= 0.6 is 11.8 Å². The smallest absolute Gasteiger partial charge is 0.249 e. The minimum Gasteiger partial charge on any atom is -0.383 e. The van der Waals surface area contributed by atoms with Gasteiger partial charge in [-0.25, -0.2) is 8.42 Å². The first-order valence-electron chi connectivity index (χ1n) is 13.8. The van der Waals surface area contributed by atoms with E-state index >= 15 is 0 Å². The van der Waals surface area contributed by atoms with Crippen LogP contribution in [0.25, 0.3) is 11.1 Å².